The van der Waals surface area contributed by atoms with E-state index in [0.29, 0.717) is 11.7 Å². The highest BCUT2D eigenvalue weighted by Gasteiger charge is 2.41. The van der Waals surface area contributed by atoms with Crippen molar-refractivity contribution in [1.29, 1.82) is 0 Å². The quantitative estimate of drug-likeness (QED) is 0.296. The van der Waals surface area contributed by atoms with Crippen molar-refractivity contribution in [2.24, 2.45) is 0 Å². The van der Waals surface area contributed by atoms with Gasteiger partial charge in [-0.25, -0.2) is 0 Å². The Bertz CT molecular complexity index is 1500. The summed E-state index contributed by atoms with van der Waals surface area (Å²) in [6.07, 6.45) is 3.55. The van der Waals surface area contributed by atoms with Gasteiger partial charge in [-0.2, -0.15) is 0 Å². The minimum atomic E-state index is -0.0693. The van der Waals surface area contributed by atoms with E-state index in [-0.39, 0.29) is 12.1 Å². The lowest BCUT2D eigenvalue weighted by Crippen LogP contribution is -2.29. The molecule has 1 aliphatic rings. The molecule has 0 bridgehead atoms. The van der Waals surface area contributed by atoms with Gasteiger partial charge in [0.15, 0.2) is 5.11 Å². The molecule has 2 aromatic carbocycles. The second-order valence-corrected chi connectivity index (χ2v) is 9.38. The van der Waals surface area contributed by atoms with Gasteiger partial charge in [-0.3, -0.25) is 4.98 Å². The predicted octanol–water partition coefficient (Wildman–Crippen LogP) is 6.41. The molecule has 2 atom stereocenters. The first-order chi connectivity index (χ1) is 17.1. The summed E-state index contributed by atoms with van der Waals surface area (Å²) in [5, 5.41) is 6.72. The second kappa shape index (κ2) is 8.71. The van der Waals surface area contributed by atoms with Crippen molar-refractivity contribution in [3.8, 4) is 5.69 Å². The van der Waals surface area contributed by atoms with Crippen LogP contribution < -0.4 is 5.32 Å². The summed E-state index contributed by atoms with van der Waals surface area (Å²) in [6, 6.07) is 27.2. The van der Waals surface area contributed by atoms with Crippen LogP contribution in [0.4, 0.5) is 0 Å². The Morgan fingerprint density at radius 2 is 1.80 bits per heavy atom. The van der Waals surface area contributed by atoms with Gasteiger partial charge in [0, 0.05) is 23.0 Å². The van der Waals surface area contributed by atoms with Crippen LogP contribution in [0.3, 0.4) is 0 Å². The van der Waals surface area contributed by atoms with E-state index in [1.165, 1.54) is 33.4 Å². The maximum absolute atomic E-state index is 5.85. The van der Waals surface area contributed by atoms with E-state index < -0.39 is 0 Å². The summed E-state index contributed by atoms with van der Waals surface area (Å²) in [6.45, 7) is 4.96. The number of pyridine rings is 1. The van der Waals surface area contributed by atoms with E-state index in [1.54, 1.807) is 6.26 Å². The van der Waals surface area contributed by atoms with Crippen molar-refractivity contribution >= 4 is 28.1 Å². The Morgan fingerprint density at radius 3 is 2.60 bits per heavy atom. The maximum Gasteiger partial charge on any atom is 0.170 e. The van der Waals surface area contributed by atoms with Crippen LogP contribution in [0, 0.1) is 13.8 Å². The molecule has 3 aromatic heterocycles. The van der Waals surface area contributed by atoms with Crippen molar-refractivity contribution in [3.05, 3.63) is 120 Å². The number of hydrogen-bond acceptors (Lipinski definition) is 3. The minimum absolute atomic E-state index is 0.0302. The number of furan rings is 1. The van der Waals surface area contributed by atoms with Crippen LogP contribution in [0.5, 0.6) is 0 Å². The molecule has 174 valence electrons. The molecule has 0 amide bonds. The molecule has 5 nitrogen and oxygen atoms in total. The molecule has 6 heteroatoms. The first-order valence-electron chi connectivity index (χ1n) is 11.8. The number of fused-ring (bicyclic) bond motifs is 1. The molecule has 6 rings (SSSR count). The Hall–Kier alpha value is -3.90. The molecule has 1 fully saturated rings. The Kier molecular flexibility index (Phi) is 5.38. The molecule has 0 aliphatic carbocycles. The Balaban J connectivity index is 1.51. The average molecular weight is 479 g/mol. The first kappa shape index (κ1) is 21.6. The van der Waals surface area contributed by atoms with Crippen molar-refractivity contribution in [2.45, 2.75) is 32.5 Å². The van der Waals surface area contributed by atoms with Crippen LogP contribution in [0.15, 0.2) is 95.7 Å². The van der Waals surface area contributed by atoms with Crippen LogP contribution >= 0.6 is 12.2 Å². The van der Waals surface area contributed by atoms with Gasteiger partial charge in [-0.15, -0.1) is 0 Å². The van der Waals surface area contributed by atoms with Gasteiger partial charge in [0.25, 0.3) is 0 Å². The fourth-order valence-electron chi connectivity index (χ4n) is 5.35. The van der Waals surface area contributed by atoms with Crippen molar-refractivity contribution in [2.75, 3.05) is 0 Å². The van der Waals surface area contributed by atoms with E-state index in [4.69, 9.17) is 16.6 Å². The molecule has 0 saturated carbocycles. The summed E-state index contributed by atoms with van der Waals surface area (Å²) in [4.78, 5) is 6.91. The largest absolute Gasteiger partial charge is 0.467 e. The maximum atomic E-state index is 5.85. The summed E-state index contributed by atoms with van der Waals surface area (Å²) in [5.41, 5.74) is 5.76. The zero-order valence-corrected chi connectivity index (χ0v) is 20.5. The van der Waals surface area contributed by atoms with Crippen LogP contribution in [0.1, 0.15) is 40.5 Å². The summed E-state index contributed by atoms with van der Waals surface area (Å²) in [5.74, 6) is 0.878. The topological polar surface area (TPSA) is 46.2 Å². The van der Waals surface area contributed by atoms with E-state index in [2.05, 4.69) is 88.2 Å². The van der Waals surface area contributed by atoms with Crippen molar-refractivity contribution in [1.82, 2.24) is 19.8 Å². The number of thiocarbonyl (C=S) groups is 1. The molecule has 1 N–H and O–H groups in total. The number of hydrogen-bond donors (Lipinski definition) is 1. The Morgan fingerprint density at radius 1 is 0.971 bits per heavy atom. The second-order valence-electron chi connectivity index (χ2n) is 8.99. The third-order valence-corrected chi connectivity index (χ3v) is 7.25. The van der Waals surface area contributed by atoms with Gasteiger partial charge >= 0.3 is 0 Å². The molecule has 5 aromatic rings. The number of nitrogens with one attached hydrogen (secondary N) is 1. The van der Waals surface area contributed by atoms with Crippen LogP contribution in [-0.2, 0) is 6.54 Å². The molecule has 0 radical (unpaired) electrons. The van der Waals surface area contributed by atoms with Gasteiger partial charge in [0.2, 0.25) is 0 Å². The van der Waals surface area contributed by atoms with E-state index >= 15 is 0 Å². The van der Waals surface area contributed by atoms with Gasteiger partial charge in [-0.1, -0.05) is 42.5 Å². The third-order valence-electron chi connectivity index (χ3n) is 6.90. The van der Waals surface area contributed by atoms with E-state index in [1.807, 2.05) is 30.5 Å². The van der Waals surface area contributed by atoms with Gasteiger partial charge in [0.05, 0.1) is 36.3 Å². The van der Waals surface area contributed by atoms with E-state index in [0.717, 1.165) is 11.5 Å². The molecular formula is C29H26N4OS. The van der Waals surface area contributed by atoms with Gasteiger partial charge in [0.1, 0.15) is 5.76 Å². The van der Waals surface area contributed by atoms with Crippen LogP contribution in [0.2, 0.25) is 0 Å². The minimum Gasteiger partial charge on any atom is -0.467 e. The highest BCUT2D eigenvalue weighted by molar-refractivity contribution is 7.80. The molecule has 0 spiro atoms. The normalized spacial score (nSPS) is 17.8. The summed E-state index contributed by atoms with van der Waals surface area (Å²) in [7, 11) is 0. The number of benzene rings is 2. The number of aromatic nitrogens is 2. The zero-order valence-electron chi connectivity index (χ0n) is 19.7. The highest BCUT2D eigenvalue weighted by atomic mass is 32.1. The smallest absolute Gasteiger partial charge is 0.170 e. The molecule has 0 unspecified atom stereocenters. The first-order valence-corrected chi connectivity index (χ1v) is 12.2. The van der Waals surface area contributed by atoms with E-state index in [9.17, 15) is 0 Å². The highest BCUT2D eigenvalue weighted by Crippen LogP contribution is 2.42. The summed E-state index contributed by atoms with van der Waals surface area (Å²) >= 11 is 5.85. The predicted molar refractivity (Wildman–Crippen MR) is 142 cm³/mol. The number of nitrogens with zero attached hydrogens (tertiary/aromatic N) is 3. The van der Waals surface area contributed by atoms with Crippen molar-refractivity contribution < 1.29 is 4.42 Å². The van der Waals surface area contributed by atoms with Crippen molar-refractivity contribution in [3.63, 3.8) is 0 Å². The fourth-order valence-corrected chi connectivity index (χ4v) is 5.65. The lowest BCUT2D eigenvalue weighted by molar-refractivity contribution is 0.286. The fraction of sp³-hybridized carbons (Fsp3) is 0.172. The zero-order chi connectivity index (χ0) is 23.9. The average Bonchev–Trinajstić information content (AvgIpc) is 3.58. The molecular weight excluding hydrogens is 452 g/mol. The number of aryl methyl sites for hydroxylation is 1. The Labute approximate surface area is 210 Å². The third kappa shape index (κ3) is 3.70. The monoisotopic (exact) mass is 478 g/mol. The van der Waals surface area contributed by atoms with Crippen LogP contribution in [-0.4, -0.2) is 19.6 Å². The SMILES string of the molecule is Cc1cc([C@H]2[C@H](c3ccccn3)NC(=S)N2Cc2ccco2)c(C)n1-c1cccc2ccccc12. The molecule has 4 heterocycles. The molecule has 35 heavy (non-hydrogen) atoms. The lowest BCUT2D eigenvalue weighted by atomic mass is 9.96. The number of rotatable bonds is 5. The van der Waals surface area contributed by atoms with Gasteiger partial charge < -0.3 is 19.2 Å². The standard InChI is InChI=1S/C29H26N4OS/c1-19-17-24(20(2)33(19)26-14-7-10-21-9-3-4-12-23(21)26)28-27(25-13-5-6-15-30-25)31-29(35)32(28)18-22-11-8-16-34-22/h3-17,27-28H,18H2,1-2H3,(H,31,35)/t27-,28-/m0/s1. The molecule has 1 saturated heterocycles. The summed E-state index contributed by atoms with van der Waals surface area (Å²) < 4.78 is 8.06. The lowest BCUT2D eigenvalue weighted by Gasteiger charge is -2.27. The molecule has 1 aliphatic heterocycles. The van der Waals surface area contributed by atoms with Crippen LogP contribution in [0.25, 0.3) is 16.5 Å². The van der Waals surface area contributed by atoms with Gasteiger partial charge in [-0.05, 0) is 73.4 Å².